The molecule has 7 nitrogen and oxygen atoms in total. The number of carbonyl (C=O) groups is 1. The quantitative estimate of drug-likeness (QED) is 0.577. The summed E-state index contributed by atoms with van der Waals surface area (Å²) in [6, 6.07) is -0.326. The Morgan fingerprint density at radius 1 is 1.08 bits per heavy atom. The van der Waals surface area contributed by atoms with Crippen molar-refractivity contribution in [3.05, 3.63) is 21.4 Å². The van der Waals surface area contributed by atoms with Gasteiger partial charge in [-0.2, -0.15) is 4.98 Å². The van der Waals surface area contributed by atoms with Crippen LogP contribution < -0.4 is 4.90 Å². The van der Waals surface area contributed by atoms with E-state index in [9.17, 15) is 14.3 Å². The Morgan fingerprint density at radius 3 is 2.32 bits per heavy atom. The molecule has 2 bridgehead atoms. The van der Waals surface area contributed by atoms with Gasteiger partial charge < -0.3 is 10.0 Å². The molecule has 4 rings (SSSR count). The number of fused-ring (bicyclic) bond motifs is 3. The number of pyridine rings is 1. The van der Waals surface area contributed by atoms with Gasteiger partial charge in [0.05, 0.1) is 17.5 Å². The summed E-state index contributed by atoms with van der Waals surface area (Å²) in [5.74, 6) is -0.483. The van der Waals surface area contributed by atoms with E-state index in [0.29, 0.717) is 18.9 Å². The largest absolute Gasteiger partial charge is 0.465 e. The minimum Gasteiger partial charge on any atom is -0.465 e. The first-order valence-corrected chi connectivity index (χ1v) is 8.64. The van der Waals surface area contributed by atoms with Crippen LogP contribution >= 0.6 is 34.8 Å². The van der Waals surface area contributed by atoms with Crippen LogP contribution in [0.2, 0.25) is 15.6 Å². The van der Waals surface area contributed by atoms with Crippen LogP contribution in [-0.2, 0) is 0 Å². The van der Waals surface area contributed by atoms with Gasteiger partial charge in [0.25, 0.3) is 0 Å². The molecule has 2 aliphatic heterocycles. The van der Waals surface area contributed by atoms with Crippen molar-refractivity contribution in [2.45, 2.75) is 24.9 Å². The summed E-state index contributed by atoms with van der Waals surface area (Å²) in [6.45, 7) is 0.817. The molecule has 2 saturated heterocycles. The molecule has 132 valence electrons. The van der Waals surface area contributed by atoms with Crippen molar-refractivity contribution in [1.29, 1.82) is 0 Å². The van der Waals surface area contributed by atoms with Crippen molar-refractivity contribution in [3.63, 3.8) is 0 Å². The van der Waals surface area contributed by atoms with Gasteiger partial charge in [-0.05, 0) is 24.4 Å². The maximum absolute atomic E-state index is 14.3. The Kier molecular flexibility index (Phi) is 4.01. The number of hydrogen-bond donors (Lipinski definition) is 1. The Bertz CT molecular complexity index is 885. The van der Waals surface area contributed by atoms with Gasteiger partial charge in [0.1, 0.15) is 16.5 Å². The van der Waals surface area contributed by atoms with Gasteiger partial charge in [0.15, 0.2) is 11.0 Å². The van der Waals surface area contributed by atoms with Crippen LogP contribution in [0.3, 0.4) is 0 Å². The molecule has 1 N–H and O–H groups in total. The predicted octanol–water partition coefficient (Wildman–Crippen LogP) is 3.46. The molecule has 4 heterocycles. The van der Waals surface area contributed by atoms with Crippen LogP contribution in [0, 0.1) is 5.82 Å². The highest BCUT2D eigenvalue weighted by molar-refractivity contribution is 6.37. The van der Waals surface area contributed by atoms with Crippen molar-refractivity contribution in [1.82, 2.24) is 19.9 Å². The fourth-order valence-electron chi connectivity index (χ4n) is 3.68. The average Bonchev–Trinajstić information content (AvgIpc) is 2.82. The van der Waals surface area contributed by atoms with Gasteiger partial charge in [0, 0.05) is 13.1 Å². The molecule has 0 aromatic carbocycles. The Labute approximate surface area is 156 Å². The van der Waals surface area contributed by atoms with E-state index in [0.717, 1.165) is 12.8 Å². The Balaban J connectivity index is 1.83. The number of carboxylic acid groups (broad SMARTS) is 1. The zero-order chi connectivity index (χ0) is 17.9. The Hall–Kier alpha value is -1.64. The van der Waals surface area contributed by atoms with Crippen molar-refractivity contribution < 1.29 is 14.3 Å². The molecule has 2 aromatic heterocycles. The molecule has 0 aliphatic carbocycles. The number of piperazine rings is 1. The molecule has 2 atom stereocenters. The summed E-state index contributed by atoms with van der Waals surface area (Å²) >= 11 is 17.9. The molecular weight excluding hydrogens is 396 g/mol. The van der Waals surface area contributed by atoms with Crippen molar-refractivity contribution >= 4 is 57.6 Å². The molecular formula is C14H11Cl3FN5O2. The number of hydrogen-bond acceptors (Lipinski definition) is 5. The number of anilines is 1. The van der Waals surface area contributed by atoms with E-state index in [1.165, 1.54) is 4.90 Å². The average molecular weight is 407 g/mol. The molecule has 11 heteroatoms. The molecule has 0 spiro atoms. The molecule has 2 aromatic rings. The molecule has 1 amide bonds. The molecule has 0 radical (unpaired) electrons. The van der Waals surface area contributed by atoms with Crippen molar-refractivity contribution in [3.8, 4) is 0 Å². The lowest BCUT2D eigenvalue weighted by molar-refractivity contribution is 0.114. The van der Waals surface area contributed by atoms with E-state index in [-0.39, 0.29) is 33.4 Å². The first kappa shape index (κ1) is 16.8. The zero-order valence-electron chi connectivity index (χ0n) is 12.6. The van der Waals surface area contributed by atoms with Crippen molar-refractivity contribution in [2.75, 3.05) is 18.0 Å². The molecule has 0 saturated carbocycles. The fourth-order valence-corrected chi connectivity index (χ4v) is 4.32. The van der Waals surface area contributed by atoms with Gasteiger partial charge in [-0.15, -0.1) is 0 Å². The number of rotatable bonds is 1. The van der Waals surface area contributed by atoms with Crippen LogP contribution in [0.15, 0.2) is 0 Å². The van der Waals surface area contributed by atoms with Crippen molar-refractivity contribution in [2.24, 2.45) is 0 Å². The fraction of sp³-hybridized carbons (Fsp3) is 0.429. The van der Waals surface area contributed by atoms with E-state index >= 15 is 0 Å². The second-order valence-corrected chi connectivity index (χ2v) is 7.08. The van der Waals surface area contributed by atoms with Crippen LogP contribution in [0.4, 0.5) is 15.0 Å². The second-order valence-electron chi connectivity index (χ2n) is 6.03. The van der Waals surface area contributed by atoms with Crippen LogP contribution in [0.25, 0.3) is 10.9 Å². The van der Waals surface area contributed by atoms with Crippen LogP contribution in [-0.4, -0.2) is 56.2 Å². The number of halogens is 4. The molecule has 2 aliphatic rings. The highest BCUT2D eigenvalue weighted by atomic mass is 35.5. The lowest BCUT2D eigenvalue weighted by atomic mass is 10.2. The number of amides is 1. The summed E-state index contributed by atoms with van der Waals surface area (Å²) in [5, 5.41) is 9.02. The summed E-state index contributed by atoms with van der Waals surface area (Å²) in [5.41, 5.74) is -0.104. The molecule has 0 unspecified atom stereocenters. The van der Waals surface area contributed by atoms with Gasteiger partial charge in [0.2, 0.25) is 5.28 Å². The van der Waals surface area contributed by atoms with Crippen LogP contribution in [0.5, 0.6) is 0 Å². The summed E-state index contributed by atoms with van der Waals surface area (Å²) < 4.78 is 14.3. The van der Waals surface area contributed by atoms with E-state index in [2.05, 4.69) is 15.0 Å². The maximum Gasteiger partial charge on any atom is 0.407 e. The first-order valence-electron chi connectivity index (χ1n) is 7.50. The minimum absolute atomic E-state index is 0.0268. The van der Waals surface area contributed by atoms with E-state index in [4.69, 9.17) is 34.8 Å². The minimum atomic E-state index is -0.935. The smallest absolute Gasteiger partial charge is 0.407 e. The normalized spacial score (nSPS) is 22.7. The summed E-state index contributed by atoms with van der Waals surface area (Å²) in [7, 11) is 0. The first-order chi connectivity index (χ1) is 11.9. The highest BCUT2D eigenvalue weighted by Gasteiger charge is 2.43. The standard InChI is InChI=1S/C14H11Cl3FN5O2/c15-10-7-9(8(18)11(16)20-10)19-13(17)21-12(7)22-3-5-1-2-6(4-22)23(5)14(24)25/h5-6H,1-4H2,(H,24,25)/t5-,6+. The van der Waals surface area contributed by atoms with Gasteiger partial charge in [-0.25, -0.2) is 19.2 Å². The summed E-state index contributed by atoms with van der Waals surface area (Å²) in [6.07, 6.45) is 0.586. The highest BCUT2D eigenvalue weighted by Crippen LogP contribution is 2.38. The van der Waals surface area contributed by atoms with E-state index in [1.807, 2.05) is 4.90 Å². The topological polar surface area (TPSA) is 82.5 Å². The summed E-state index contributed by atoms with van der Waals surface area (Å²) in [4.78, 5) is 26.6. The van der Waals surface area contributed by atoms with E-state index in [1.54, 1.807) is 0 Å². The third-order valence-corrected chi connectivity index (χ3v) is 5.35. The SMILES string of the molecule is O=C(O)N1[C@@H]2CC[C@H]1CN(c1nc(Cl)nc3c(F)c(Cl)nc(Cl)c13)C2. The maximum atomic E-state index is 14.3. The van der Waals surface area contributed by atoms with Gasteiger partial charge in [-0.1, -0.05) is 23.2 Å². The molecule has 2 fully saturated rings. The van der Waals surface area contributed by atoms with E-state index < -0.39 is 17.1 Å². The third-order valence-electron chi connectivity index (χ3n) is 4.66. The third kappa shape index (κ3) is 2.63. The Morgan fingerprint density at radius 2 is 1.72 bits per heavy atom. The lowest BCUT2D eigenvalue weighted by Crippen LogP contribution is -2.55. The number of aromatic nitrogens is 3. The lowest BCUT2D eigenvalue weighted by Gasteiger charge is -2.40. The monoisotopic (exact) mass is 405 g/mol. The van der Waals surface area contributed by atoms with Gasteiger partial charge in [-0.3, -0.25) is 4.90 Å². The molecule has 25 heavy (non-hydrogen) atoms. The predicted molar refractivity (Wildman–Crippen MR) is 91.2 cm³/mol. The van der Waals surface area contributed by atoms with Gasteiger partial charge >= 0.3 is 6.09 Å². The zero-order valence-corrected chi connectivity index (χ0v) is 14.9. The van der Waals surface area contributed by atoms with Crippen LogP contribution in [0.1, 0.15) is 12.8 Å². The second kappa shape index (κ2) is 5.96. The number of nitrogens with zero attached hydrogens (tertiary/aromatic N) is 5.